The van der Waals surface area contributed by atoms with Crippen molar-refractivity contribution in [2.75, 3.05) is 0 Å². The predicted octanol–water partition coefficient (Wildman–Crippen LogP) is 5.68. The molecule has 1 N–H and O–H groups in total. The van der Waals surface area contributed by atoms with Crippen LogP contribution in [-0.2, 0) is 6.61 Å². The van der Waals surface area contributed by atoms with Crippen LogP contribution < -0.4 is 4.74 Å². The van der Waals surface area contributed by atoms with Crippen molar-refractivity contribution in [3.8, 4) is 5.75 Å². The molecule has 136 valence electrons. The Labute approximate surface area is 162 Å². The van der Waals surface area contributed by atoms with Crippen molar-refractivity contribution in [3.05, 3.63) is 94.0 Å². The fourth-order valence-electron chi connectivity index (χ4n) is 2.37. The largest absolute Gasteiger partial charge is 0.489 e. The molecule has 3 aromatic rings. The quantitative estimate of drug-likeness (QED) is 0.561. The molecule has 0 heterocycles. The zero-order valence-corrected chi connectivity index (χ0v) is 15.5. The van der Waals surface area contributed by atoms with Gasteiger partial charge in [0.1, 0.15) is 12.4 Å². The zero-order chi connectivity index (χ0) is 19.2. The molecule has 0 spiro atoms. The molecule has 0 amide bonds. The first-order valence-electron chi connectivity index (χ1n) is 8.36. The van der Waals surface area contributed by atoms with Crippen molar-refractivity contribution in [2.45, 2.75) is 13.5 Å². The van der Waals surface area contributed by atoms with E-state index >= 15 is 0 Å². The molecule has 5 heteroatoms. The van der Waals surface area contributed by atoms with E-state index in [1.54, 1.807) is 30.5 Å². The number of ether oxygens (including phenoxy) is 1. The van der Waals surface area contributed by atoms with Crippen LogP contribution in [0.5, 0.6) is 5.75 Å². The number of aromatic carboxylic acids is 1. The number of nitrogens with zero attached hydrogens (tertiary/aromatic N) is 1. The Kier molecular flexibility index (Phi) is 5.89. The minimum atomic E-state index is -0.937. The van der Waals surface area contributed by atoms with Crippen molar-refractivity contribution in [1.82, 2.24) is 0 Å². The van der Waals surface area contributed by atoms with Crippen LogP contribution in [-0.4, -0.2) is 17.3 Å². The summed E-state index contributed by atoms with van der Waals surface area (Å²) < 4.78 is 5.73. The molecule has 3 aromatic carbocycles. The summed E-state index contributed by atoms with van der Waals surface area (Å²) in [6.45, 7) is 2.32. The molecule has 0 unspecified atom stereocenters. The number of aryl methyl sites for hydroxylation is 1. The molecule has 0 bridgehead atoms. The summed E-state index contributed by atoms with van der Waals surface area (Å²) >= 11 is 6.11. The Hall–Kier alpha value is -3.11. The Balaban J connectivity index is 1.58. The van der Waals surface area contributed by atoms with Crippen LogP contribution in [0.1, 0.15) is 27.0 Å². The van der Waals surface area contributed by atoms with Gasteiger partial charge in [-0.05, 0) is 72.1 Å². The molecule has 0 fully saturated rings. The minimum absolute atomic E-state index is 0.261. The first-order valence-corrected chi connectivity index (χ1v) is 8.74. The number of aliphatic imine (C=N–C) groups is 1. The van der Waals surface area contributed by atoms with E-state index in [1.165, 1.54) is 0 Å². The van der Waals surface area contributed by atoms with Crippen molar-refractivity contribution < 1.29 is 14.6 Å². The third-order valence-corrected chi connectivity index (χ3v) is 4.41. The van der Waals surface area contributed by atoms with E-state index in [0.29, 0.717) is 11.6 Å². The van der Waals surface area contributed by atoms with Crippen molar-refractivity contribution in [2.24, 2.45) is 4.99 Å². The number of rotatable bonds is 6. The highest BCUT2D eigenvalue weighted by Gasteiger charge is 2.02. The van der Waals surface area contributed by atoms with Gasteiger partial charge in [-0.2, -0.15) is 0 Å². The minimum Gasteiger partial charge on any atom is -0.489 e. The van der Waals surface area contributed by atoms with Gasteiger partial charge in [-0.3, -0.25) is 4.99 Å². The second-order valence-corrected chi connectivity index (χ2v) is 6.46. The molecule has 0 aromatic heterocycles. The van der Waals surface area contributed by atoms with Gasteiger partial charge in [0.25, 0.3) is 0 Å². The topological polar surface area (TPSA) is 58.9 Å². The Morgan fingerprint density at radius 1 is 1.07 bits per heavy atom. The highest BCUT2D eigenvalue weighted by Crippen LogP contribution is 2.22. The van der Waals surface area contributed by atoms with E-state index in [1.807, 2.05) is 49.4 Å². The lowest BCUT2D eigenvalue weighted by atomic mass is 10.1. The highest BCUT2D eigenvalue weighted by molar-refractivity contribution is 6.31. The zero-order valence-electron chi connectivity index (χ0n) is 14.7. The van der Waals surface area contributed by atoms with Crippen LogP contribution in [0.15, 0.2) is 71.7 Å². The van der Waals surface area contributed by atoms with Crippen LogP contribution in [0.3, 0.4) is 0 Å². The Morgan fingerprint density at radius 2 is 1.78 bits per heavy atom. The summed E-state index contributed by atoms with van der Waals surface area (Å²) in [5.41, 5.74) is 3.94. The monoisotopic (exact) mass is 379 g/mol. The third kappa shape index (κ3) is 5.19. The lowest BCUT2D eigenvalue weighted by Crippen LogP contribution is -1.99. The van der Waals surface area contributed by atoms with Gasteiger partial charge in [0.2, 0.25) is 0 Å². The van der Waals surface area contributed by atoms with Gasteiger partial charge in [0, 0.05) is 11.2 Å². The standard InChI is InChI=1S/C22H18ClNO3/c1-15-2-9-19(12-21(15)23)24-13-16-5-10-20(11-6-16)27-14-17-3-7-18(8-4-17)22(25)26/h2-13H,14H2,1H3,(H,25,26). The van der Waals surface area contributed by atoms with Crippen molar-refractivity contribution in [1.29, 1.82) is 0 Å². The molecule has 0 aliphatic rings. The van der Waals surface area contributed by atoms with Crippen LogP contribution in [0.25, 0.3) is 0 Å². The van der Waals surface area contributed by atoms with E-state index in [-0.39, 0.29) is 5.56 Å². The van der Waals surface area contributed by atoms with Crippen molar-refractivity contribution in [3.63, 3.8) is 0 Å². The molecule has 4 nitrogen and oxygen atoms in total. The molecule has 0 saturated carbocycles. The first kappa shape index (κ1) is 18.7. The number of hydrogen-bond acceptors (Lipinski definition) is 3. The summed E-state index contributed by atoms with van der Waals surface area (Å²) in [5.74, 6) is -0.208. The first-order chi connectivity index (χ1) is 13.0. The number of benzene rings is 3. The smallest absolute Gasteiger partial charge is 0.335 e. The lowest BCUT2D eigenvalue weighted by Gasteiger charge is -2.07. The summed E-state index contributed by atoms with van der Waals surface area (Å²) in [7, 11) is 0. The molecular weight excluding hydrogens is 362 g/mol. The number of carbonyl (C=O) groups is 1. The lowest BCUT2D eigenvalue weighted by molar-refractivity contribution is 0.0697. The van der Waals surface area contributed by atoms with Gasteiger partial charge < -0.3 is 9.84 Å². The van der Waals surface area contributed by atoms with Gasteiger partial charge in [-0.15, -0.1) is 0 Å². The highest BCUT2D eigenvalue weighted by atomic mass is 35.5. The SMILES string of the molecule is Cc1ccc(N=Cc2ccc(OCc3ccc(C(=O)O)cc3)cc2)cc1Cl. The van der Waals surface area contributed by atoms with E-state index in [0.717, 1.165) is 28.1 Å². The maximum Gasteiger partial charge on any atom is 0.335 e. The summed E-state index contributed by atoms with van der Waals surface area (Å²) in [6.07, 6.45) is 1.77. The normalized spacial score (nSPS) is 10.9. The van der Waals surface area contributed by atoms with Crippen LogP contribution in [0, 0.1) is 6.92 Å². The summed E-state index contributed by atoms with van der Waals surface area (Å²) in [4.78, 5) is 15.3. The fourth-order valence-corrected chi connectivity index (χ4v) is 2.55. The predicted molar refractivity (Wildman–Crippen MR) is 108 cm³/mol. The molecule has 0 aliphatic carbocycles. The molecular formula is C22H18ClNO3. The van der Waals surface area contributed by atoms with Gasteiger partial charge >= 0.3 is 5.97 Å². The fraction of sp³-hybridized carbons (Fsp3) is 0.0909. The van der Waals surface area contributed by atoms with Crippen LogP contribution in [0.2, 0.25) is 5.02 Å². The maximum absolute atomic E-state index is 10.9. The van der Waals surface area contributed by atoms with E-state index in [2.05, 4.69) is 4.99 Å². The molecule has 3 rings (SSSR count). The van der Waals surface area contributed by atoms with E-state index in [4.69, 9.17) is 21.4 Å². The summed E-state index contributed by atoms with van der Waals surface area (Å²) in [6, 6.07) is 19.9. The van der Waals surface area contributed by atoms with Gasteiger partial charge in [0.15, 0.2) is 0 Å². The second-order valence-electron chi connectivity index (χ2n) is 6.05. The Morgan fingerprint density at radius 3 is 2.41 bits per heavy atom. The summed E-state index contributed by atoms with van der Waals surface area (Å²) in [5, 5.41) is 9.60. The molecule has 0 radical (unpaired) electrons. The third-order valence-electron chi connectivity index (χ3n) is 4.00. The number of carboxylic acids is 1. The van der Waals surface area contributed by atoms with Crippen molar-refractivity contribution >= 4 is 29.5 Å². The second kappa shape index (κ2) is 8.52. The number of hydrogen-bond donors (Lipinski definition) is 1. The molecule has 0 aliphatic heterocycles. The average Bonchev–Trinajstić information content (AvgIpc) is 2.68. The van der Waals surface area contributed by atoms with Gasteiger partial charge in [-0.25, -0.2) is 4.79 Å². The Bertz CT molecular complexity index is 964. The molecule has 0 saturated heterocycles. The van der Waals surface area contributed by atoms with Crippen LogP contribution >= 0.6 is 11.6 Å². The van der Waals surface area contributed by atoms with Crippen LogP contribution in [0.4, 0.5) is 5.69 Å². The van der Waals surface area contributed by atoms with Gasteiger partial charge in [-0.1, -0.05) is 29.8 Å². The maximum atomic E-state index is 10.9. The van der Waals surface area contributed by atoms with E-state index < -0.39 is 5.97 Å². The number of halogens is 1. The average molecular weight is 380 g/mol. The molecule has 27 heavy (non-hydrogen) atoms. The molecule has 0 atom stereocenters. The van der Waals surface area contributed by atoms with Gasteiger partial charge in [0.05, 0.1) is 11.3 Å². The van der Waals surface area contributed by atoms with E-state index in [9.17, 15) is 4.79 Å². The number of carboxylic acid groups (broad SMARTS) is 1.